The Labute approximate surface area is 187 Å². The summed E-state index contributed by atoms with van der Waals surface area (Å²) < 4.78 is 10.7. The van der Waals surface area contributed by atoms with Gasteiger partial charge in [-0.05, 0) is 30.4 Å². The van der Waals surface area contributed by atoms with Crippen molar-refractivity contribution in [3.8, 4) is 5.75 Å². The van der Waals surface area contributed by atoms with E-state index in [-0.39, 0.29) is 34.7 Å². The second-order valence-corrected chi connectivity index (χ2v) is 9.23. The molecule has 0 bridgehead atoms. The third kappa shape index (κ3) is 4.52. The Bertz CT molecular complexity index is 1120. The number of methoxy groups -OCH3 is 1. The predicted molar refractivity (Wildman–Crippen MR) is 120 cm³/mol. The molecule has 0 radical (unpaired) electrons. The molecule has 1 aromatic carbocycles. The number of hydrogen-bond acceptors (Lipinski definition) is 7. The minimum absolute atomic E-state index is 0.0170. The van der Waals surface area contributed by atoms with Crippen LogP contribution in [0.5, 0.6) is 5.75 Å². The van der Waals surface area contributed by atoms with Crippen molar-refractivity contribution in [2.75, 3.05) is 7.11 Å². The van der Waals surface area contributed by atoms with Crippen LogP contribution in [0.25, 0.3) is 0 Å². The van der Waals surface area contributed by atoms with Crippen molar-refractivity contribution < 1.29 is 24.0 Å². The van der Waals surface area contributed by atoms with E-state index in [1.54, 1.807) is 13.2 Å². The molecular formula is C25H28N2O5. The van der Waals surface area contributed by atoms with Crippen LogP contribution in [0, 0.1) is 5.41 Å². The molecule has 1 saturated carbocycles. The first-order valence-electron chi connectivity index (χ1n) is 11.0. The number of aliphatic hydroxyl groups excluding tert-OH is 1. The second-order valence-electron chi connectivity index (χ2n) is 9.23. The van der Waals surface area contributed by atoms with Crippen LogP contribution in [-0.2, 0) is 17.6 Å². The third-order valence-corrected chi connectivity index (χ3v) is 5.98. The van der Waals surface area contributed by atoms with Crippen LogP contribution in [0.3, 0.4) is 0 Å². The van der Waals surface area contributed by atoms with E-state index >= 15 is 0 Å². The minimum Gasteiger partial charge on any atom is -0.511 e. The van der Waals surface area contributed by atoms with Gasteiger partial charge in [0.15, 0.2) is 11.6 Å². The fourth-order valence-corrected chi connectivity index (χ4v) is 4.45. The molecule has 0 spiro atoms. The molecule has 7 heteroatoms. The fraction of sp³-hybridized carbons (Fsp3) is 0.440. The van der Waals surface area contributed by atoms with E-state index in [1.165, 1.54) is 0 Å². The maximum atomic E-state index is 12.7. The molecule has 7 nitrogen and oxygen atoms in total. The van der Waals surface area contributed by atoms with E-state index in [0.717, 1.165) is 0 Å². The summed E-state index contributed by atoms with van der Waals surface area (Å²) in [6.07, 6.45) is 3.28. The van der Waals surface area contributed by atoms with Gasteiger partial charge in [0, 0.05) is 38.2 Å². The Morgan fingerprint density at radius 3 is 2.81 bits per heavy atom. The van der Waals surface area contributed by atoms with Gasteiger partial charge in [0.05, 0.1) is 35.3 Å². The molecule has 1 N–H and O–H groups in total. The van der Waals surface area contributed by atoms with Crippen molar-refractivity contribution in [1.29, 1.82) is 0 Å². The number of aromatic nitrogens is 1. The SMILES string of the molecule is COc1cccc(N=C2CCCC(=O)C2=C(O)CCc2noc3c2C(=O)CC(C)(C)C3)c1. The van der Waals surface area contributed by atoms with E-state index in [9.17, 15) is 14.7 Å². The van der Waals surface area contributed by atoms with E-state index in [0.29, 0.717) is 72.7 Å². The average Bonchev–Trinajstić information content (AvgIpc) is 3.14. The molecule has 32 heavy (non-hydrogen) atoms. The third-order valence-electron chi connectivity index (χ3n) is 5.98. The number of nitrogens with zero attached hydrogens (tertiary/aromatic N) is 2. The van der Waals surface area contributed by atoms with Crippen LogP contribution < -0.4 is 4.74 Å². The largest absolute Gasteiger partial charge is 0.511 e. The van der Waals surface area contributed by atoms with Crippen LogP contribution in [0.1, 0.15) is 67.8 Å². The molecule has 0 aliphatic heterocycles. The van der Waals surface area contributed by atoms with Crippen LogP contribution in [0.4, 0.5) is 5.69 Å². The summed E-state index contributed by atoms with van der Waals surface area (Å²) in [6, 6.07) is 7.27. The normalized spacial score (nSPS) is 20.9. The average molecular weight is 437 g/mol. The molecular weight excluding hydrogens is 408 g/mol. The first-order chi connectivity index (χ1) is 15.3. The van der Waals surface area contributed by atoms with Gasteiger partial charge < -0.3 is 14.4 Å². The number of benzene rings is 1. The van der Waals surface area contributed by atoms with Crippen LogP contribution >= 0.6 is 0 Å². The van der Waals surface area contributed by atoms with Gasteiger partial charge in [-0.25, -0.2) is 0 Å². The van der Waals surface area contributed by atoms with Crippen molar-refractivity contribution in [3.63, 3.8) is 0 Å². The quantitative estimate of drug-likeness (QED) is 0.516. The van der Waals surface area contributed by atoms with E-state index in [1.807, 2.05) is 32.0 Å². The molecule has 2 aromatic rings. The number of aliphatic hydroxyl groups is 1. The topological polar surface area (TPSA) is 102 Å². The number of carbonyl (C=O) groups excluding carboxylic acids is 2. The number of fused-ring (bicyclic) bond motifs is 1. The monoisotopic (exact) mass is 436 g/mol. The molecule has 0 amide bonds. The Morgan fingerprint density at radius 1 is 1.22 bits per heavy atom. The highest BCUT2D eigenvalue weighted by atomic mass is 16.5. The number of rotatable bonds is 5. The highest BCUT2D eigenvalue weighted by Gasteiger charge is 2.36. The Kier molecular flexibility index (Phi) is 6.00. The van der Waals surface area contributed by atoms with Crippen LogP contribution in [-0.4, -0.2) is 34.7 Å². The first kappa shape index (κ1) is 22.0. The molecule has 0 atom stereocenters. The molecule has 0 unspecified atom stereocenters. The van der Waals surface area contributed by atoms with Crippen molar-refractivity contribution in [1.82, 2.24) is 5.16 Å². The number of aryl methyl sites for hydroxylation is 1. The minimum atomic E-state index is -0.148. The summed E-state index contributed by atoms with van der Waals surface area (Å²) in [6.45, 7) is 4.06. The number of aliphatic imine (C=N–C) groups is 1. The molecule has 2 aliphatic rings. The van der Waals surface area contributed by atoms with E-state index in [4.69, 9.17) is 9.26 Å². The predicted octanol–water partition coefficient (Wildman–Crippen LogP) is 5.11. The standard InChI is InChI=1S/C25H28N2O5/c1-25(2)13-21(30)24-18(27-32-22(24)14-25)10-11-20(29)23-17(8-5-9-19(23)28)26-15-6-4-7-16(12-15)31-3/h4,6-7,12,29H,5,8-11,13-14H2,1-3H3. The summed E-state index contributed by atoms with van der Waals surface area (Å²) in [4.78, 5) is 29.9. The van der Waals surface area contributed by atoms with Gasteiger partial charge in [0.25, 0.3) is 0 Å². The molecule has 168 valence electrons. The first-order valence-corrected chi connectivity index (χ1v) is 11.0. The fourth-order valence-electron chi connectivity index (χ4n) is 4.45. The van der Waals surface area contributed by atoms with Gasteiger partial charge in [-0.3, -0.25) is 14.6 Å². The highest BCUT2D eigenvalue weighted by Crippen LogP contribution is 2.36. The zero-order chi connectivity index (χ0) is 22.9. The molecule has 1 fully saturated rings. The lowest BCUT2D eigenvalue weighted by molar-refractivity contribution is -0.115. The number of ketones is 2. The summed E-state index contributed by atoms with van der Waals surface area (Å²) in [5, 5.41) is 15.0. The molecule has 1 aromatic heterocycles. The highest BCUT2D eigenvalue weighted by molar-refractivity contribution is 6.24. The summed E-state index contributed by atoms with van der Waals surface area (Å²) in [5.41, 5.74) is 2.46. The van der Waals surface area contributed by atoms with Gasteiger partial charge >= 0.3 is 0 Å². The molecule has 4 rings (SSSR count). The van der Waals surface area contributed by atoms with Crippen molar-refractivity contribution in [2.24, 2.45) is 10.4 Å². The smallest absolute Gasteiger partial charge is 0.168 e. The summed E-state index contributed by atoms with van der Waals surface area (Å²) in [5.74, 6) is 1.18. The Hall–Kier alpha value is -3.22. The Morgan fingerprint density at radius 2 is 2.03 bits per heavy atom. The van der Waals surface area contributed by atoms with E-state index < -0.39 is 0 Å². The Balaban J connectivity index is 1.59. The number of carbonyl (C=O) groups is 2. The summed E-state index contributed by atoms with van der Waals surface area (Å²) >= 11 is 0. The van der Waals surface area contributed by atoms with Gasteiger partial charge in [-0.2, -0.15) is 0 Å². The molecule has 0 saturated heterocycles. The lowest BCUT2D eigenvalue weighted by atomic mass is 9.76. The maximum Gasteiger partial charge on any atom is 0.168 e. The van der Waals surface area contributed by atoms with Crippen molar-refractivity contribution >= 4 is 23.0 Å². The molecule has 2 aliphatic carbocycles. The maximum absolute atomic E-state index is 12.7. The number of Topliss-reactive ketones (excluding diaryl/α,β-unsaturated/α-hetero) is 2. The lowest BCUT2D eigenvalue weighted by Gasteiger charge is -2.26. The lowest BCUT2D eigenvalue weighted by Crippen LogP contribution is -2.26. The van der Waals surface area contributed by atoms with Gasteiger partial charge in [-0.15, -0.1) is 0 Å². The number of allylic oxidation sites excluding steroid dienone is 2. The van der Waals surface area contributed by atoms with Crippen LogP contribution in [0.2, 0.25) is 0 Å². The van der Waals surface area contributed by atoms with Gasteiger partial charge in [0.1, 0.15) is 17.3 Å². The van der Waals surface area contributed by atoms with Crippen molar-refractivity contribution in [3.05, 3.63) is 52.6 Å². The zero-order valence-electron chi connectivity index (χ0n) is 18.7. The van der Waals surface area contributed by atoms with Crippen LogP contribution in [0.15, 0.2) is 45.1 Å². The van der Waals surface area contributed by atoms with Crippen molar-refractivity contribution in [2.45, 2.75) is 58.8 Å². The zero-order valence-corrected chi connectivity index (χ0v) is 18.7. The van der Waals surface area contributed by atoms with Gasteiger partial charge in [-0.1, -0.05) is 25.1 Å². The number of ether oxygens (including phenoxy) is 1. The van der Waals surface area contributed by atoms with E-state index in [2.05, 4.69) is 10.1 Å². The van der Waals surface area contributed by atoms with Gasteiger partial charge in [0.2, 0.25) is 0 Å². The summed E-state index contributed by atoms with van der Waals surface area (Å²) in [7, 11) is 1.59. The molecule has 1 heterocycles. The number of hydrogen-bond donors (Lipinski definition) is 1. The second kappa shape index (κ2) is 8.73.